The van der Waals surface area contributed by atoms with E-state index in [9.17, 15) is 0 Å². The number of terminal acetylenes is 1. The minimum absolute atomic E-state index is 0.238. The first kappa shape index (κ1) is 6.81. The van der Waals surface area contributed by atoms with Gasteiger partial charge in [0.25, 0.3) is 0 Å². The molecule has 0 rings (SSSR count). The maximum Gasteiger partial charge on any atom is 0.120 e. The van der Waals surface area contributed by atoms with E-state index in [2.05, 4.69) is 5.92 Å². The summed E-state index contributed by atoms with van der Waals surface area (Å²) in [5, 5.41) is 0. The molecule has 0 atom stereocenters. The molecule has 0 heterocycles. The number of rotatable bonds is 3. The highest BCUT2D eigenvalue weighted by atomic mass is 35.5. The van der Waals surface area contributed by atoms with Crippen LogP contribution in [0.15, 0.2) is 0 Å². The third kappa shape index (κ3) is 5.81. The summed E-state index contributed by atoms with van der Waals surface area (Å²) in [7, 11) is 0. The van der Waals surface area contributed by atoms with E-state index in [0.717, 1.165) is 0 Å². The smallest absolute Gasteiger partial charge is 0.120 e. The van der Waals surface area contributed by atoms with Crippen molar-refractivity contribution in [1.29, 1.82) is 0 Å². The molecule has 0 saturated heterocycles. The van der Waals surface area contributed by atoms with E-state index in [-0.39, 0.29) is 6.07 Å². The van der Waals surface area contributed by atoms with Crippen LogP contribution in [-0.4, -0.2) is 12.7 Å². The van der Waals surface area contributed by atoms with E-state index in [1.165, 1.54) is 0 Å². The van der Waals surface area contributed by atoms with Crippen molar-refractivity contribution in [3.63, 3.8) is 0 Å². The Morgan fingerprint density at radius 1 is 1.71 bits per heavy atom. The first-order chi connectivity index (χ1) is 3.41. The Morgan fingerprint density at radius 2 is 2.43 bits per heavy atom. The lowest BCUT2D eigenvalue weighted by Crippen LogP contribution is -1.87. The molecule has 0 aromatic carbocycles. The molecule has 0 aromatic rings. The van der Waals surface area contributed by atoms with Gasteiger partial charge in [-0.3, -0.25) is 0 Å². The first-order valence-electron chi connectivity index (χ1n) is 1.99. The Bertz CT molecular complexity index is 65.0. The van der Waals surface area contributed by atoms with Gasteiger partial charge in [-0.15, -0.1) is 12.3 Å². The number of hydrogen-bond acceptors (Lipinski definition) is 1. The van der Waals surface area contributed by atoms with Crippen LogP contribution in [0, 0.1) is 12.3 Å². The minimum atomic E-state index is 0.238. The van der Waals surface area contributed by atoms with Gasteiger partial charge in [0, 0.05) is 6.42 Å². The van der Waals surface area contributed by atoms with Crippen molar-refractivity contribution in [2.24, 2.45) is 0 Å². The molecule has 0 aliphatic heterocycles. The zero-order chi connectivity index (χ0) is 5.54. The summed E-state index contributed by atoms with van der Waals surface area (Å²) in [6, 6.07) is 0.238. The van der Waals surface area contributed by atoms with E-state index in [1.807, 2.05) is 0 Å². The van der Waals surface area contributed by atoms with Gasteiger partial charge in [0.1, 0.15) is 6.07 Å². The summed E-state index contributed by atoms with van der Waals surface area (Å²) in [6.07, 6.45) is 5.54. The molecular weight excluding hydrogens is 112 g/mol. The Labute approximate surface area is 48.6 Å². The largest absolute Gasteiger partial charge is 0.365 e. The third-order valence-electron chi connectivity index (χ3n) is 0.468. The topological polar surface area (TPSA) is 9.23 Å². The fraction of sp³-hybridized carbons (Fsp3) is 0.600. The predicted octanol–water partition coefficient (Wildman–Crippen LogP) is 1.22. The van der Waals surface area contributed by atoms with Gasteiger partial charge in [0.15, 0.2) is 0 Å². The maximum atomic E-state index is 5.15. The third-order valence-corrected chi connectivity index (χ3v) is 0.622. The SMILES string of the molecule is C#CCCOCCl. The lowest BCUT2D eigenvalue weighted by Gasteiger charge is -1.89. The summed E-state index contributed by atoms with van der Waals surface area (Å²) in [5.74, 6) is 2.42. The molecule has 0 fully saturated rings. The van der Waals surface area contributed by atoms with Crippen LogP contribution in [0.25, 0.3) is 0 Å². The quantitative estimate of drug-likeness (QED) is 0.308. The zero-order valence-electron chi connectivity index (χ0n) is 3.98. The lowest BCUT2D eigenvalue weighted by molar-refractivity contribution is 0.186. The van der Waals surface area contributed by atoms with Gasteiger partial charge in [-0.1, -0.05) is 11.6 Å². The fourth-order valence-electron chi connectivity index (χ4n) is 0.186. The average molecular weight is 119 g/mol. The van der Waals surface area contributed by atoms with Crippen LogP contribution in [-0.2, 0) is 4.74 Å². The van der Waals surface area contributed by atoms with Crippen molar-refractivity contribution in [2.75, 3.05) is 12.7 Å². The monoisotopic (exact) mass is 118 g/mol. The minimum Gasteiger partial charge on any atom is -0.365 e. The van der Waals surface area contributed by atoms with Gasteiger partial charge in [0.2, 0.25) is 0 Å². The molecule has 40 valence electrons. The Balaban J connectivity index is 2.60. The zero-order valence-corrected chi connectivity index (χ0v) is 4.74. The van der Waals surface area contributed by atoms with Crippen LogP contribution in [0.5, 0.6) is 0 Å². The molecule has 0 amide bonds. The van der Waals surface area contributed by atoms with E-state index in [1.54, 1.807) is 0 Å². The first-order valence-corrected chi connectivity index (χ1v) is 2.52. The van der Waals surface area contributed by atoms with Crippen molar-refractivity contribution in [3.05, 3.63) is 0 Å². The number of halogens is 1. The van der Waals surface area contributed by atoms with Gasteiger partial charge >= 0.3 is 0 Å². The molecule has 7 heavy (non-hydrogen) atoms. The van der Waals surface area contributed by atoms with Crippen molar-refractivity contribution in [3.8, 4) is 12.3 Å². The average Bonchev–Trinajstić information content (AvgIpc) is 1.69. The van der Waals surface area contributed by atoms with Gasteiger partial charge in [-0.25, -0.2) is 0 Å². The molecule has 0 bridgehead atoms. The Hall–Kier alpha value is -0.190. The standard InChI is InChI=1S/C5H7ClO/c1-2-3-4-7-5-6/h1H,3-5H2. The van der Waals surface area contributed by atoms with Crippen LogP contribution >= 0.6 is 11.6 Å². The molecule has 0 spiro atoms. The molecule has 1 nitrogen and oxygen atoms in total. The van der Waals surface area contributed by atoms with Crippen molar-refractivity contribution in [1.82, 2.24) is 0 Å². The summed E-state index contributed by atoms with van der Waals surface area (Å²) >= 11 is 5.15. The van der Waals surface area contributed by atoms with Gasteiger partial charge in [-0.05, 0) is 0 Å². The Kier molecular flexibility index (Phi) is 5.65. The van der Waals surface area contributed by atoms with Crippen molar-refractivity contribution in [2.45, 2.75) is 6.42 Å². The molecule has 0 aliphatic rings. The van der Waals surface area contributed by atoms with E-state index >= 15 is 0 Å². The molecular formula is C5H7ClO. The highest BCUT2D eigenvalue weighted by Crippen LogP contribution is 1.80. The lowest BCUT2D eigenvalue weighted by atomic mass is 10.5. The summed E-state index contributed by atoms with van der Waals surface area (Å²) in [4.78, 5) is 0. The highest BCUT2D eigenvalue weighted by Gasteiger charge is 1.76. The van der Waals surface area contributed by atoms with Crippen LogP contribution in [0.3, 0.4) is 0 Å². The van der Waals surface area contributed by atoms with Crippen LogP contribution in [0.2, 0.25) is 0 Å². The Morgan fingerprint density at radius 3 is 2.86 bits per heavy atom. The maximum absolute atomic E-state index is 5.15. The highest BCUT2D eigenvalue weighted by molar-refractivity contribution is 6.17. The molecule has 0 radical (unpaired) electrons. The summed E-state index contributed by atoms with van der Waals surface area (Å²) < 4.78 is 4.70. The molecule has 0 aromatic heterocycles. The van der Waals surface area contributed by atoms with Gasteiger partial charge in [0.05, 0.1) is 6.61 Å². The van der Waals surface area contributed by atoms with E-state index < -0.39 is 0 Å². The number of ether oxygens (including phenoxy) is 1. The fourth-order valence-corrected chi connectivity index (χ4v) is 0.295. The van der Waals surface area contributed by atoms with Crippen LogP contribution in [0.1, 0.15) is 6.42 Å². The second kappa shape index (κ2) is 5.81. The molecule has 0 saturated carbocycles. The number of alkyl halides is 1. The molecule has 0 N–H and O–H groups in total. The van der Waals surface area contributed by atoms with Crippen molar-refractivity contribution >= 4 is 11.6 Å². The predicted molar refractivity (Wildman–Crippen MR) is 30.1 cm³/mol. The molecule has 0 unspecified atom stereocenters. The van der Waals surface area contributed by atoms with Crippen molar-refractivity contribution < 1.29 is 4.74 Å². The second-order valence-corrected chi connectivity index (χ2v) is 1.19. The van der Waals surface area contributed by atoms with Gasteiger partial charge < -0.3 is 4.74 Å². The van der Waals surface area contributed by atoms with Gasteiger partial charge in [-0.2, -0.15) is 0 Å². The number of hydrogen-bond donors (Lipinski definition) is 0. The summed E-state index contributed by atoms with van der Waals surface area (Å²) in [5.41, 5.74) is 0. The molecule has 2 heteroatoms. The van der Waals surface area contributed by atoms with Crippen LogP contribution < -0.4 is 0 Å². The molecule has 0 aliphatic carbocycles. The second-order valence-electron chi connectivity index (χ2n) is 0.971. The summed E-state index contributed by atoms with van der Waals surface area (Å²) in [6.45, 7) is 0.569. The van der Waals surface area contributed by atoms with E-state index in [0.29, 0.717) is 13.0 Å². The van der Waals surface area contributed by atoms with E-state index in [4.69, 9.17) is 22.8 Å². The van der Waals surface area contributed by atoms with Crippen LogP contribution in [0.4, 0.5) is 0 Å². The normalized spacial score (nSPS) is 8.00.